The fraction of sp³-hybridized carbons (Fsp3) is 0.611. The summed E-state index contributed by atoms with van der Waals surface area (Å²) in [5.74, 6) is 0.214. The molecule has 1 aliphatic heterocycles. The zero-order valence-electron chi connectivity index (χ0n) is 14.2. The smallest absolute Gasteiger partial charge is 0.222 e. The molecule has 24 heavy (non-hydrogen) atoms. The number of rotatable bonds is 7. The van der Waals surface area contributed by atoms with Crippen LogP contribution in [0.4, 0.5) is 0 Å². The van der Waals surface area contributed by atoms with E-state index in [2.05, 4.69) is 0 Å². The van der Waals surface area contributed by atoms with E-state index in [0.717, 1.165) is 37.8 Å². The maximum absolute atomic E-state index is 12.5. The number of hydrogen-bond acceptors (Lipinski definition) is 3. The van der Waals surface area contributed by atoms with Gasteiger partial charge in [0.25, 0.3) is 0 Å². The normalized spacial score (nSPS) is 20.5. The van der Waals surface area contributed by atoms with Crippen LogP contribution in [0.2, 0.25) is 5.02 Å². The number of halogens is 2. The summed E-state index contributed by atoms with van der Waals surface area (Å²) in [6.07, 6.45) is 4.60. The van der Waals surface area contributed by atoms with Gasteiger partial charge in [-0.2, -0.15) is 0 Å². The third kappa shape index (κ3) is 5.92. The third-order valence-corrected chi connectivity index (χ3v) is 4.69. The number of amides is 1. The zero-order valence-corrected chi connectivity index (χ0v) is 15.8. The van der Waals surface area contributed by atoms with Crippen molar-refractivity contribution in [3.8, 4) is 0 Å². The molecule has 6 heteroatoms. The molecule has 1 amide bonds. The molecule has 0 aromatic heterocycles. The fourth-order valence-corrected chi connectivity index (χ4v) is 3.20. The molecule has 2 N–H and O–H groups in total. The number of nitrogens with zero attached hydrogens (tertiary/aromatic N) is 1. The van der Waals surface area contributed by atoms with Crippen molar-refractivity contribution in [2.24, 2.45) is 5.73 Å². The van der Waals surface area contributed by atoms with Crippen LogP contribution in [0.25, 0.3) is 0 Å². The van der Waals surface area contributed by atoms with Gasteiger partial charge in [-0.1, -0.05) is 42.6 Å². The van der Waals surface area contributed by atoms with Crippen LogP contribution in [0.1, 0.15) is 50.7 Å². The molecular weight excluding hydrogens is 347 g/mol. The summed E-state index contributed by atoms with van der Waals surface area (Å²) in [6, 6.07) is 7.80. The molecule has 1 saturated heterocycles. The van der Waals surface area contributed by atoms with Crippen LogP contribution in [0.5, 0.6) is 0 Å². The molecule has 2 atom stereocenters. The number of benzene rings is 1. The highest BCUT2D eigenvalue weighted by Crippen LogP contribution is 2.30. The van der Waals surface area contributed by atoms with Crippen molar-refractivity contribution < 1.29 is 9.53 Å². The third-order valence-electron chi connectivity index (χ3n) is 4.35. The van der Waals surface area contributed by atoms with Gasteiger partial charge in [0.05, 0.1) is 19.2 Å². The Kier molecular flexibility index (Phi) is 9.67. The van der Waals surface area contributed by atoms with Gasteiger partial charge in [0.2, 0.25) is 5.91 Å². The molecule has 0 aliphatic carbocycles. The first kappa shape index (κ1) is 21.2. The lowest BCUT2D eigenvalue weighted by atomic mass is 10.0. The quantitative estimate of drug-likeness (QED) is 0.734. The first-order valence-corrected chi connectivity index (χ1v) is 8.87. The van der Waals surface area contributed by atoms with Gasteiger partial charge in [-0.05, 0) is 32.4 Å². The van der Waals surface area contributed by atoms with Crippen molar-refractivity contribution in [2.75, 3.05) is 19.7 Å². The second-order valence-electron chi connectivity index (χ2n) is 6.19. The van der Waals surface area contributed by atoms with Gasteiger partial charge in [-0.15, -0.1) is 12.4 Å². The highest BCUT2D eigenvalue weighted by molar-refractivity contribution is 6.31. The summed E-state index contributed by atoms with van der Waals surface area (Å²) < 4.78 is 5.90. The van der Waals surface area contributed by atoms with E-state index in [1.54, 1.807) is 0 Å². The molecule has 1 heterocycles. The van der Waals surface area contributed by atoms with Gasteiger partial charge in [0.1, 0.15) is 6.10 Å². The summed E-state index contributed by atoms with van der Waals surface area (Å²) in [5, 5.41) is 0.696. The predicted octanol–water partition coefficient (Wildman–Crippen LogP) is 3.96. The molecule has 0 spiro atoms. The summed E-state index contributed by atoms with van der Waals surface area (Å²) >= 11 is 6.26. The van der Waals surface area contributed by atoms with Crippen LogP contribution in [0.15, 0.2) is 24.3 Å². The van der Waals surface area contributed by atoms with Crippen molar-refractivity contribution in [1.82, 2.24) is 4.90 Å². The molecule has 1 aliphatic rings. The van der Waals surface area contributed by atoms with Gasteiger partial charge in [-0.3, -0.25) is 4.79 Å². The number of carbonyl (C=O) groups excluding carboxylic acids is 1. The Bertz CT molecular complexity index is 514. The molecule has 0 bridgehead atoms. The Hall–Kier alpha value is -0.810. The van der Waals surface area contributed by atoms with E-state index in [4.69, 9.17) is 22.1 Å². The van der Waals surface area contributed by atoms with Crippen LogP contribution in [-0.2, 0) is 9.53 Å². The molecule has 2 unspecified atom stereocenters. The topological polar surface area (TPSA) is 55.6 Å². The Morgan fingerprint density at radius 1 is 1.29 bits per heavy atom. The predicted molar refractivity (Wildman–Crippen MR) is 101 cm³/mol. The number of morpholine rings is 1. The van der Waals surface area contributed by atoms with Crippen molar-refractivity contribution in [2.45, 2.75) is 51.2 Å². The Morgan fingerprint density at radius 2 is 2.00 bits per heavy atom. The van der Waals surface area contributed by atoms with Crippen LogP contribution in [-0.4, -0.2) is 36.5 Å². The van der Waals surface area contributed by atoms with Crippen LogP contribution in [0.3, 0.4) is 0 Å². The van der Waals surface area contributed by atoms with Crippen molar-refractivity contribution in [1.29, 1.82) is 0 Å². The monoisotopic (exact) mass is 374 g/mol. The highest BCUT2D eigenvalue weighted by Gasteiger charge is 2.30. The minimum Gasteiger partial charge on any atom is -0.369 e. The first-order valence-electron chi connectivity index (χ1n) is 8.49. The van der Waals surface area contributed by atoms with Gasteiger partial charge >= 0.3 is 0 Å². The van der Waals surface area contributed by atoms with Crippen molar-refractivity contribution >= 4 is 29.9 Å². The van der Waals surface area contributed by atoms with E-state index in [0.29, 0.717) is 24.6 Å². The largest absolute Gasteiger partial charge is 0.369 e. The van der Waals surface area contributed by atoms with E-state index < -0.39 is 0 Å². The number of nitrogens with two attached hydrogens (primary N) is 1. The Morgan fingerprint density at radius 3 is 2.71 bits per heavy atom. The van der Waals surface area contributed by atoms with Crippen LogP contribution < -0.4 is 5.73 Å². The first-order chi connectivity index (χ1) is 11.1. The van der Waals surface area contributed by atoms with E-state index >= 15 is 0 Å². The molecular formula is C18H28Cl2N2O2. The molecule has 1 fully saturated rings. The maximum Gasteiger partial charge on any atom is 0.222 e. The molecule has 1 aromatic carbocycles. The number of ether oxygens (including phenoxy) is 1. The average Bonchev–Trinajstić information content (AvgIpc) is 2.55. The summed E-state index contributed by atoms with van der Waals surface area (Å²) in [7, 11) is 0. The van der Waals surface area contributed by atoms with Crippen LogP contribution in [0, 0.1) is 0 Å². The lowest BCUT2D eigenvalue weighted by molar-refractivity contribution is -0.144. The van der Waals surface area contributed by atoms with E-state index in [1.165, 1.54) is 0 Å². The molecule has 4 nitrogen and oxygen atoms in total. The molecule has 136 valence electrons. The van der Waals surface area contributed by atoms with Crippen molar-refractivity contribution in [3.63, 3.8) is 0 Å². The summed E-state index contributed by atoms with van der Waals surface area (Å²) in [5.41, 5.74) is 6.45. The standard InChI is InChI=1S/C18H27ClN2O2.ClH/c1-14-13-23-17(15-8-5-6-9-16(15)19)12-21(14)18(22)10-4-2-3-7-11-20;/h5-6,8-9,14,17H,2-4,7,10-13,20H2,1H3;1H. The highest BCUT2D eigenvalue weighted by atomic mass is 35.5. The molecule has 1 aromatic rings. The molecule has 0 radical (unpaired) electrons. The maximum atomic E-state index is 12.5. The Labute approximate surface area is 156 Å². The van der Waals surface area contributed by atoms with Gasteiger partial charge in [0.15, 0.2) is 0 Å². The van der Waals surface area contributed by atoms with Gasteiger partial charge < -0.3 is 15.4 Å². The van der Waals surface area contributed by atoms with E-state index in [9.17, 15) is 4.79 Å². The minimum absolute atomic E-state index is 0. The Balaban J connectivity index is 0.00000288. The average molecular weight is 375 g/mol. The molecule has 2 rings (SSSR count). The van der Waals surface area contributed by atoms with E-state index in [1.807, 2.05) is 36.1 Å². The van der Waals surface area contributed by atoms with E-state index in [-0.39, 0.29) is 30.5 Å². The lowest BCUT2D eigenvalue weighted by Crippen LogP contribution is -2.48. The van der Waals surface area contributed by atoms with Gasteiger partial charge in [-0.25, -0.2) is 0 Å². The minimum atomic E-state index is -0.138. The molecule has 0 saturated carbocycles. The summed E-state index contributed by atoms with van der Waals surface area (Å²) in [6.45, 7) is 3.89. The van der Waals surface area contributed by atoms with Gasteiger partial charge in [0, 0.05) is 17.0 Å². The summed E-state index contributed by atoms with van der Waals surface area (Å²) in [4.78, 5) is 14.5. The number of hydrogen-bond donors (Lipinski definition) is 1. The van der Waals surface area contributed by atoms with Crippen molar-refractivity contribution in [3.05, 3.63) is 34.9 Å². The fourth-order valence-electron chi connectivity index (χ4n) is 2.95. The zero-order chi connectivity index (χ0) is 16.7. The lowest BCUT2D eigenvalue weighted by Gasteiger charge is -2.38. The second-order valence-corrected chi connectivity index (χ2v) is 6.60. The van der Waals surface area contributed by atoms with Crippen LogP contribution >= 0.6 is 24.0 Å². The second kappa shape index (κ2) is 10.9. The number of unbranched alkanes of at least 4 members (excludes halogenated alkanes) is 3. The number of carbonyl (C=O) groups is 1. The SMILES string of the molecule is CC1COC(c2ccccc2Cl)CN1C(=O)CCCCCCN.Cl.